The van der Waals surface area contributed by atoms with E-state index >= 15 is 0 Å². The summed E-state index contributed by atoms with van der Waals surface area (Å²) in [6.45, 7) is 11.5. The van der Waals surface area contributed by atoms with Gasteiger partial charge in [0.2, 0.25) is 0 Å². The van der Waals surface area contributed by atoms with Gasteiger partial charge in [-0.05, 0) is 112 Å². The standard InChI is InChI=1S/C46H56O4S6/c1-3-45(29-49-30-45)27-47-23-11-7-5-9-13-33-15-17-35(51-33)37-19-21-39(53-37)41-25-43-44(55-41)26-42(56-43)40-22-20-38(54-40)36-18-16-34(52-36)14-10-6-8-12-24-48-28-46(4-2)31-50-32-46/h15-22,25-26H,3-14,23-24,27-32H2,1-2H3. The van der Waals surface area contributed by atoms with Gasteiger partial charge in [-0.15, -0.1) is 68.0 Å². The second-order valence-corrected chi connectivity index (χ2v) is 22.6. The topological polar surface area (TPSA) is 36.9 Å². The van der Waals surface area contributed by atoms with Gasteiger partial charge in [-0.1, -0.05) is 39.5 Å². The van der Waals surface area contributed by atoms with E-state index in [4.69, 9.17) is 18.9 Å². The van der Waals surface area contributed by atoms with Crippen LogP contribution in [-0.4, -0.2) is 52.9 Å². The maximum absolute atomic E-state index is 5.98. The first-order chi connectivity index (χ1) is 27.5. The van der Waals surface area contributed by atoms with E-state index in [0.717, 1.165) is 78.5 Å². The maximum atomic E-state index is 5.98. The molecule has 2 fully saturated rings. The fourth-order valence-electron chi connectivity index (χ4n) is 7.43. The van der Waals surface area contributed by atoms with E-state index in [2.05, 4.69) is 74.5 Å². The number of aryl methyl sites for hydroxylation is 2. The van der Waals surface area contributed by atoms with Crippen molar-refractivity contribution in [2.24, 2.45) is 10.8 Å². The summed E-state index contributed by atoms with van der Waals surface area (Å²) in [6.07, 6.45) is 14.6. The quantitative estimate of drug-likeness (QED) is 0.0568. The fourth-order valence-corrected chi connectivity index (χ4v) is 14.3. The van der Waals surface area contributed by atoms with E-state index in [0.29, 0.717) is 10.8 Å². The monoisotopic (exact) mass is 864 g/mol. The molecule has 6 aromatic heterocycles. The zero-order valence-electron chi connectivity index (χ0n) is 33.0. The predicted octanol–water partition coefficient (Wildman–Crippen LogP) is 15.0. The largest absolute Gasteiger partial charge is 0.381 e. The molecule has 2 aliphatic heterocycles. The molecule has 0 saturated carbocycles. The summed E-state index contributed by atoms with van der Waals surface area (Å²) in [5, 5.41) is 0. The van der Waals surface area contributed by atoms with Crippen molar-refractivity contribution in [1.29, 1.82) is 0 Å². The van der Waals surface area contributed by atoms with Crippen molar-refractivity contribution in [3.63, 3.8) is 0 Å². The van der Waals surface area contributed by atoms with Crippen molar-refractivity contribution in [2.75, 3.05) is 52.9 Å². The Labute approximate surface area is 357 Å². The van der Waals surface area contributed by atoms with Crippen LogP contribution < -0.4 is 0 Å². The van der Waals surface area contributed by atoms with Crippen LogP contribution in [0.4, 0.5) is 0 Å². The highest BCUT2D eigenvalue weighted by Gasteiger charge is 2.37. The molecule has 8 rings (SSSR count). The van der Waals surface area contributed by atoms with Crippen LogP contribution in [0, 0.1) is 10.8 Å². The van der Waals surface area contributed by atoms with Gasteiger partial charge >= 0.3 is 0 Å². The summed E-state index contributed by atoms with van der Waals surface area (Å²) in [7, 11) is 0. The number of ether oxygens (including phenoxy) is 4. The lowest BCUT2D eigenvalue weighted by Crippen LogP contribution is -2.45. The van der Waals surface area contributed by atoms with Crippen molar-refractivity contribution in [3.05, 3.63) is 70.4 Å². The Morgan fingerprint density at radius 1 is 0.446 bits per heavy atom. The lowest BCUT2D eigenvalue weighted by Gasteiger charge is -2.40. The number of rotatable bonds is 24. The molecule has 0 aliphatic carbocycles. The van der Waals surface area contributed by atoms with Crippen molar-refractivity contribution >= 4 is 77.4 Å². The minimum absolute atomic E-state index is 0.303. The second kappa shape index (κ2) is 19.6. The van der Waals surface area contributed by atoms with Gasteiger partial charge in [-0.25, -0.2) is 0 Å². The molecule has 0 spiro atoms. The van der Waals surface area contributed by atoms with Crippen molar-refractivity contribution < 1.29 is 18.9 Å². The molecule has 6 aromatic rings. The number of unbranched alkanes of at least 4 members (excludes halogenated alkanes) is 6. The molecule has 56 heavy (non-hydrogen) atoms. The van der Waals surface area contributed by atoms with E-state index in [1.165, 1.54) is 110 Å². The summed E-state index contributed by atoms with van der Waals surface area (Å²) in [5.74, 6) is 0. The lowest BCUT2D eigenvalue weighted by molar-refractivity contribution is -0.150. The molecule has 0 aromatic carbocycles. The third-order valence-electron chi connectivity index (χ3n) is 11.6. The fraction of sp³-hybridized carbons (Fsp3) is 0.522. The highest BCUT2D eigenvalue weighted by atomic mass is 32.1. The molecule has 2 saturated heterocycles. The first-order valence-electron chi connectivity index (χ1n) is 20.8. The molecule has 2 aliphatic rings. The van der Waals surface area contributed by atoms with Gasteiger partial charge in [0.15, 0.2) is 0 Å². The van der Waals surface area contributed by atoms with Crippen LogP contribution in [0.3, 0.4) is 0 Å². The van der Waals surface area contributed by atoms with E-state index in [9.17, 15) is 0 Å². The molecule has 0 radical (unpaired) electrons. The molecule has 0 unspecified atom stereocenters. The van der Waals surface area contributed by atoms with Crippen LogP contribution in [0.15, 0.2) is 60.7 Å². The first-order valence-corrected chi connectivity index (χ1v) is 25.7. The molecule has 300 valence electrons. The Morgan fingerprint density at radius 3 is 1.21 bits per heavy atom. The Hall–Kier alpha value is -1.70. The minimum Gasteiger partial charge on any atom is -0.381 e. The second-order valence-electron chi connectivity index (χ2n) is 15.9. The summed E-state index contributed by atoms with van der Waals surface area (Å²) in [5.41, 5.74) is 0.607. The number of fused-ring (bicyclic) bond motifs is 1. The molecule has 0 atom stereocenters. The Balaban J connectivity index is 0.756. The van der Waals surface area contributed by atoms with E-state index in [1.807, 2.05) is 68.0 Å². The molecule has 4 nitrogen and oxygen atoms in total. The molecule has 0 N–H and O–H groups in total. The van der Waals surface area contributed by atoms with Gasteiger partial charge in [0.1, 0.15) is 0 Å². The van der Waals surface area contributed by atoms with E-state index in [-0.39, 0.29) is 0 Å². The van der Waals surface area contributed by atoms with Crippen LogP contribution in [0.2, 0.25) is 0 Å². The average Bonchev–Trinajstić information content (AvgIpc) is 4.02. The van der Waals surface area contributed by atoms with Crippen molar-refractivity contribution in [3.8, 4) is 39.0 Å². The Kier molecular flexibility index (Phi) is 14.4. The van der Waals surface area contributed by atoms with Gasteiger partial charge in [0.05, 0.1) is 39.6 Å². The Morgan fingerprint density at radius 2 is 0.821 bits per heavy atom. The number of thiophene rings is 6. The molecule has 0 bridgehead atoms. The first kappa shape index (κ1) is 41.1. The summed E-state index contributed by atoms with van der Waals surface area (Å²) >= 11 is 11.7. The van der Waals surface area contributed by atoms with Gasteiger partial charge in [0, 0.05) is 82.2 Å². The highest BCUT2D eigenvalue weighted by molar-refractivity contribution is 7.34. The average molecular weight is 865 g/mol. The zero-order chi connectivity index (χ0) is 38.2. The molecular weight excluding hydrogens is 809 g/mol. The van der Waals surface area contributed by atoms with Gasteiger partial charge in [-0.3, -0.25) is 0 Å². The third-order valence-corrected chi connectivity index (χ3v) is 19.1. The normalized spacial score (nSPS) is 16.1. The SMILES string of the molecule is CCC1(COCCCCCCc2ccc(-c3ccc(-c4cc5sc(-c6ccc(-c7ccc(CCCCCCOCC8(CC)COC8)s7)s6)cc5s4)s3)s2)COC1. The summed E-state index contributed by atoms with van der Waals surface area (Å²) < 4.78 is 25.6. The number of hydrogen-bond acceptors (Lipinski definition) is 10. The van der Waals surface area contributed by atoms with Crippen LogP contribution in [0.1, 0.15) is 87.8 Å². The van der Waals surface area contributed by atoms with Crippen LogP contribution in [-0.2, 0) is 31.8 Å². The summed E-state index contributed by atoms with van der Waals surface area (Å²) in [6, 6.07) is 23.5. The van der Waals surface area contributed by atoms with E-state index in [1.54, 1.807) is 0 Å². The van der Waals surface area contributed by atoms with Gasteiger partial charge in [0.25, 0.3) is 0 Å². The van der Waals surface area contributed by atoms with Gasteiger partial charge < -0.3 is 18.9 Å². The molecule has 0 amide bonds. The lowest BCUT2D eigenvalue weighted by atomic mass is 9.84. The third kappa shape index (κ3) is 10.2. The Bertz CT molecular complexity index is 1910. The van der Waals surface area contributed by atoms with Crippen molar-refractivity contribution in [1.82, 2.24) is 0 Å². The smallest absolute Gasteiger partial charge is 0.0566 e. The molecule has 8 heterocycles. The van der Waals surface area contributed by atoms with Crippen LogP contribution >= 0.6 is 68.0 Å². The summed E-state index contributed by atoms with van der Waals surface area (Å²) in [4.78, 5) is 14.1. The van der Waals surface area contributed by atoms with E-state index < -0.39 is 0 Å². The van der Waals surface area contributed by atoms with Crippen molar-refractivity contribution in [2.45, 2.75) is 90.9 Å². The van der Waals surface area contributed by atoms with Gasteiger partial charge in [-0.2, -0.15) is 0 Å². The van der Waals surface area contributed by atoms with Crippen LogP contribution in [0.5, 0.6) is 0 Å². The molecular formula is C46H56O4S6. The highest BCUT2D eigenvalue weighted by Crippen LogP contribution is 2.47. The minimum atomic E-state index is 0.303. The number of hydrogen-bond donors (Lipinski definition) is 0. The van der Waals surface area contributed by atoms with Crippen LogP contribution in [0.25, 0.3) is 48.4 Å². The maximum Gasteiger partial charge on any atom is 0.0566 e. The predicted molar refractivity (Wildman–Crippen MR) is 246 cm³/mol. The molecule has 10 heteroatoms. The zero-order valence-corrected chi connectivity index (χ0v) is 37.9.